The number of aliphatic imine (C=N–C) groups is 1. The van der Waals surface area contributed by atoms with E-state index in [0.717, 1.165) is 33.2 Å². The highest BCUT2D eigenvalue weighted by Crippen LogP contribution is 2.39. The molecule has 0 spiro atoms. The molecule has 1 aliphatic heterocycles. The molecule has 0 radical (unpaired) electrons. The Kier molecular flexibility index (Phi) is 21.5. The molecule has 18 heteroatoms. The van der Waals surface area contributed by atoms with Gasteiger partial charge in [-0.3, -0.25) is 14.4 Å². The molecular weight excluding hydrogens is 828 g/mol. The third kappa shape index (κ3) is 16.1. The molecule has 1 amide bonds. The zero-order chi connectivity index (χ0) is 43.1. The largest absolute Gasteiger partial charge is 0.491 e. The molecule has 0 unspecified atom stereocenters. The van der Waals surface area contributed by atoms with Gasteiger partial charge in [-0.25, -0.2) is 0 Å². The zero-order valence-corrected chi connectivity index (χ0v) is 36.9. The molecule has 334 valence electrons. The van der Waals surface area contributed by atoms with Gasteiger partial charge in [0.1, 0.15) is 29.2 Å². The van der Waals surface area contributed by atoms with Crippen LogP contribution in [0.1, 0.15) is 45.7 Å². The van der Waals surface area contributed by atoms with Crippen LogP contribution in [-0.2, 0) is 42.7 Å². The first-order valence-electron chi connectivity index (χ1n) is 20.6. The summed E-state index contributed by atoms with van der Waals surface area (Å²) in [5.41, 5.74) is 9.81. The van der Waals surface area contributed by atoms with E-state index < -0.39 is 6.04 Å². The number of ether oxygens (including phenoxy) is 9. The van der Waals surface area contributed by atoms with Gasteiger partial charge < -0.3 is 53.7 Å². The zero-order valence-electron chi connectivity index (χ0n) is 35.4. The number of benzene rings is 2. The van der Waals surface area contributed by atoms with Crippen LogP contribution < -0.4 is 15.8 Å². The van der Waals surface area contributed by atoms with Crippen LogP contribution >= 0.6 is 22.9 Å². The first kappa shape index (κ1) is 48.2. The van der Waals surface area contributed by atoms with Crippen molar-refractivity contribution in [3.05, 3.63) is 86.8 Å². The fourth-order valence-electron chi connectivity index (χ4n) is 6.13. The maximum Gasteiger partial charge on any atom is 0.227 e. The van der Waals surface area contributed by atoms with Crippen LogP contribution in [-0.4, -0.2) is 145 Å². The van der Waals surface area contributed by atoms with Crippen LogP contribution in [0.3, 0.4) is 0 Å². The number of thiophene rings is 1. The first-order valence-corrected chi connectivity index (χ1v) is 21.8. The predicted molar refractivity (Wildman–Crippen MR) is 234 cm³/mol. The first-order chi connectivity index (χ1) is 29.9. The highest BCUT2D eigenvalue weighted by atomic mass is 35.5. The number of rotatable bonds is 31. The molecule has 1 atom stereocenters. The smallest absolute Gasteiger partial charge is 0.227 e. The highest BCUT2D eigenvalue weighted by Gasteiger charge is 2.32. The molecule has 16 nitrogen and oxygen atoms in total. The number of amides is 1. The van der Waals surface area contributed by atoms with Crippen molar-refractivity contribution in [1.29, 1.82) is 0 Å². The number of nitrogens with two attached hydrogens (primary N) is 1. The van der Waals surface area contributed by atoms with Crippen molar-refractivity contribution in [2.75, 3.05) is 124 Å². The molecule has 0 fully saturated rings. The molecule has 0 aliphatic carbocycles. The number of fused-ring (bicyclic) bond motifs is 3. The SMILES string of the molecule is Cc1sc2c(c1C)C(c1ccc(Cl)cc1)=N[C@@H](CC(=O)Nc1cccc(OCCOCCOCCOCCOCCOCCOCCOCCOCCN)c1)c1nnc(C)n1-2. The third-order valence-electron chi connectivity index (χ3n) is 9.22. The van der Waals surface area contributed by atoms with Crippen molar-refractivity contribution in [2.24, 2.45) is 10.7 Å². The molecule has 4 aromatic rings. The second-order valence-electron chi connectivity index (χ2n) is 13.7. The molecule has 0 bridgehead atoms. The van der Waals surface area contributed by atoms with Gasteiger partial charge in [-0.2, -0.15) is 0 Å². The second kappa shape index (κ2) is 27.3. The Balaban J connectivity index is 0.909. The van der Waals surface area contributed by atoms with E-state index in [-0.39, 0.29) is 12.3 Å². The molecule has 1 aliphatic rings. The number of aryl methyl sites for hydroxylation is 2. The van der Waals surface area contributed by atoms with Crippen molar-refractivity contribution in [3.63, 3.8) is 0 Å². The highest BCUT2D eigenvalue weighted by molar-refractivity contribution is 7.15. The summed E-state index contributed by atoms with van der Waals surface area (Å²) in [5, 5.41) is 13.5. The molecule has 2 aromatic carbocycles. The Bertz CT molecular complexity index is 1930. The monoisotopic (exact) mass is 886 g/mol. The number of anilines is 1. The number of hydrogen-bond donors (Lipinski definition) is 2. The molecule has 0 saturated carbocycles. The number of hydrogen-bond acceptors (Lipinski definition) is 15. The fourth-order valence-corrected chi connectivity index (χ4v) is 7.47. The van der Waals surface area contributed by atoms with Gasteiger partial charge in [0.25, 0.3) is 0 Å². The van der Waals surface area contributed by atoms with Crippen molar-refractivity contribution in [1.82, 2.24) is 14.8 Å². The summed E-state index contributed by atoms with van der Waals surface area (Å²) in [6.45, 7) is 14.7. The molecule has 2 aromatic heterocycles. The maximum atomic E-state index is 13.6. The predicted octanol–water partition coefficient (Wildman–Crippen LogP) is 5.30. The van der Waals surface area contributed by atoms with E-state index in [4.69, 9.17) is 65.0 Å². The molecule has 5 rings (SSSR count). The van der Waals surface area contributed by atoms with Crippen LogP contribution in [0.15, 0.2) is 53.5 Å². The Morgan fingerprint density at radius 2 is 1.25 bits per heavy atom. The Morgan fingerprint density at radius 3 is 1.79 bits per heavy atom. The lowest BCUT2D eigenvalue weighted by molar-refractivity contribution is -0.116. The van der Waals surface area contributed by atoms with Crippen LogP contribution in [0.2, 0.25) is 5.02 Å². The summed E-state index contributed by atoms with van der Waals surface area (Å²) >= 11 is 7.91. The minimum absolute atomic E-state index is 0.0590. The van der Waals surface area contributed by atoms with E-state index in [1.807, 2.05) is 54.0 Å². The Hall–Kier alpha value is -3.85. The van der Waals surface area contributed by atoms with Crippen LogP contribution in [0, 0.1) is 20.8 Å². The van der Waals surface area contributed by atoms with Gasteiger partial charge in [-0.15, -0.1) is 21.5 Å². The lowest BCUT2D eigenvalue weighted by atomic mass is 9.99. The van der Waals surface area contributed by atoms with Crippen molar-refractivity contribution in [2.45, 2.75) is 33.2 Å². The summed E-state index contributed by atoms with van der Waals surface area (Å²) in [5.74, 6) is 1.75. The molecular formula is C43H59ClN6O10S. The van der Waals surface area contributed by atoms with E-state index in [1.165, 1.54) is 4.88 Å². The minimum atomic E-state index is -0.580. The lowest BCUT2D eigenvalue weighted by Crippen LogP contribution is -2.17. The molecule has 3 heterocycles. The summed E-state index contributed by atoms with van der Waals surface area (Å²) in [7, 11) is 0. The second-order valence-corrected chi connectivity index (χ2v) is 15.4. The van der Waals surface area contributed by atoms with E-state index in [1.54, 1.807) is 17.4 Å². The summed E-state index contributed by atoms with van der Waals surface area (Å²) in [6, 6.07) is 14.3. The van der Waals surface area contributed by atoms with Crippen LogP contribution in [0.5, 0.6) is 5.75 Å². The van der Waals surface area contributed by atoms with Gasteiger partial charge in [0, 0.05) is 39.3 Å². The summed E-state index contributed by atoms with van der Waals surface area (Å²) in [4.78, 5) is 19.9. The number of carbonyl (C=O) groups is 1. The third-order valence-corrected chi connectivity index (χ3v) is 10.7. The van der Waals surface area contributed by atoms with Gasteiger partial charge in [-0.05, 0) is 50.6 Å². The normalized spacial score (nSPS) is 13.5. The van der Waals surface area contributed by atoms with Crippen LogP contribution in [0.4, 0.5) is 5.69 Å². The quantitative estimate of drug-likeness (QED) is 0.0623. The standard InChI is InChI=1S/C43H59ClN6O10S/c1-31-32(2)61-43-40(31)41(34-7-9-35(44)10-8-34)47-38(42-49-48-33(3)50(42)43)30-39(51)46-36-5-4-6-37(29-36)60-28-27-59-26-25-58-24-23-57-22-21-56-20-19-55-18-17-54-16-15-53-14-13-52-12-11-45/h4-10,29,38H,11-28,30,45H2,1-3H3,(H,46,51)/t38-/m0/s1. The number of halogens is 1. The van der Waals surface area contributed by atoms with Gasteiger partial charge >= 0.3 is 0 Å². The van der Waals surface area contributed by atoms with Gasteiger partial charge in [0.15, 0.2) is 5.82 Å². The van der Waals surface area contributed by atoms with Gasteiger partial charge in [-0.1, -0.05) is 29.8 Å². The van der Waals surface area contributed by atoms with Gasteiger partial charge in [0.2, 0.25) is 5.91 Å². The van der Waals surface area contributed by atoms with Gasteiger partial charge in [0.05, 0.1) is 118 Å². The van der Waals surface area contributed by atoms with Crippen molar-refractivity contribution in [3.8, 4) is 10.8 Å². The Morgan fingerprint density at radius 1 is 0.721 bits per heavy atom. The fraction of sp³-hybridized carbons (Fsp3) is 0.535. The topological polar surface area (TPSA) is 181 Å². The average molecular weight is 887 g/mol. The minimum Gasteiger partial charge on any atom is -0.491 e. The Labute approximate surface area is 366 Å². The molecule has 3 N–H and O–H groups in total. The number of nitrogens with one attached hydrogen (secondary N) is 1. The number of carbonyl (C=O) groups excluding carboxylic acids is 1. The van der Waals surface area contributed by atoms with Crippen molar-refractivity contribution < 1.29 is 47.4 Å². The maximum absolute atomic E-state index is 13.6. The van der Waals surface area contributed by atoms with E-state index in [0.29, 0.717) is 141 Å². The van der Waals surface area contributed by atoms with E-state index in [9.17, 15) is 4.79 Å². The van der Waals surface area contributed by atoms with E-state index in [2.05, 4.69) is 29.4 Å². The average Bonchev–Trinajstić information content (AvgIpc) is 3.73. The van der Waals surface area contributed by atoms with Crippen LogP contribution in [0.25, 0.3) is 5.00 Å². The van der Waals surface area contributed by atoms with E-state index >= 15 is 0 Å². The summed E-state index contributed by atoms with van der Waals surface area (Å²) in [6.07, 6.45) is 0.0590. The molecule has 0 saturated heterocycles. The number of aromatic nitrogens is 3. The lowest BCUT2D eigenvalue weighted by Gasteiger charge is -2.14. The van der Waals surface area contributed by atoms with Crippen molar-refractivity contribution >= 4 is 40.2 Å². The molecule has 61 heavy (non-hydrogen) atoms. The summed E-state index contributed by atoms with van der Waals surface area (Å²) < 4.78 is 51.7. The number of nitrogens with zero attached hydrogens (tertiary/aromatic N) is 4.